The molecule has 0 aliphatic carbocycles. The Kier molecular flexibility index (Phi) is 3.76. The molecule has 0 radical (unpaired) electrons. The third-order valence-corrected chi connectivity index (χ3v) is 3.13. The molecule has 1 atom stereocenters. The fourth-order valence-electron chi connectivity index (χ4n) is 2.19. The Hall–Kier alpha value is -1.39. The molecule has 92 valence electrons. The lowest BCUT2D eigenvalue weighted by atomic mass is 10.0. The predicted octanol–water partition coefficient (Wildman–Crippen LogP) is 1.90. The first-order valence-electron chi connectivity index (χ1n) is 6.02. The van der Waals surface area contributed by atoms with Gasteiger partial charge in [-0.1, -0.05) is 6.07 Å². The normalized spacial score (nSPS) is 13.4. The number of fused-ring (bicyclic) bond motifs is 1. The predicted molar refractivity (Wildman–Crippen MR) is 70.8 cm³/mol. The van der Waals surface area contributed by atoms with Gasteiger partial charge < -0.3 is 15.6 Å². The van der Waals surface area contributed by atoms with Crippen LogP contribution in [0.5, 0.6) is 0 Å². The van der Waals surface area contributed by atoms with E-state index in [9.17, 15) is 0 Å². The monoisotopic (exact) mass is 232 g/mol. The Bertz CT molecular complexity index is 475. The summed E-state index contributed by atoms with van der Waals surface area (Å²) in [5.41, 5.74) is 9.03. The molecule has 4 nitrogen and oxygen atoms in total. The number of imidazole rings is 1. The number of hydrogen-bond acceptors (Lipinski definition) is 3. The Morgan fingerprint density at radius 1 is 1.41 bits per heavy atom. The van der Waals surface area contributed by atoms with Gasteiger partial charge in [0.2, 0.25) is 0 Å². The minimum Gasteiger partial charge on any atom is -0.345 e. The Morgan fingerprint density at radius 2 is 2.24 bits per heavy atom. The average molecular weight is 232 g/mol. The van der Waals surface area contributed by atoms with Crippen LogP contribution in [0.2, 0.25) is 0 Å². The summed E-state index contributed by atoms with van der Waals surface area (Å²) in [6.45, 7) is 0.747. The molecule has 0 aliphatic heterocycles. The summed E-state index contributed by atoms with van der Waals surface area (Å²) >= 11 is 0. The fraction of sp³-hybridized carbons (Fsp3) is 0.462. The second kappa shape index (κ2) is 5.29. The van der Waals surface area contributed by atoms with Crippen LogP contribution >= 0.6 is 0 Å². The number of H-pyrrole nitrogens is 1. The number of aromatic nitrogens is 2. The summed E-state index contributed by atoms with van der Waals surface area (Å²) in [7, 11) is 4.22. The van der Waals surface area contributed by atoms with E-state index in [-0.39, 0.29) is 0 Å². The van der Waals surface area contributed by atoms with Gasteiger partial charge in [0.25, 0.3) is 0 Å². The van der Waals surface area contributed by atoms with Gasteiger partial charge in [0, 0.05) is 6.04 Å². The smallest absolute Gasteiger partial charge is 0.0931 e. The van der Waals surface area contributed by atoms with Crippen molar-refractivity contribution in [3.05, 3.63) is 30.1 Å². The molecule has 0 amide bonds. The van der Waals surface area contributed by atoms with Crippen LogP contribution in [0.25, 0.3) is 11.0 Å². The minimum atomic E-state index is 0.422. The van der Waals surface area contributed by atoms with Gasteiger partial charge >= 0.3 is 0 Å². The summed E-state index contributed by atoms with van der Waals surface area (Å²) in [5, 5.41) is 0. The third kappa shape index (κ3) is 2.65. The summed E-state index contributed by atoms with van der Waals surface area (Å²) in [5.74, 6) is 0. The maximum absolute atomic E-state index is 5.59. The standard InChI is InChI=1S/C13H20N4/c1-17(2)13(4-3-7-14)10-5-6-11-12(8-10)16-9-15-11/h5-6,8-9,13H,3-4,7,14H2,1-2H3,(H,15,16). The maximum Gasteiger partial charge on any atom is 0.0931 e. The zero-order valence-electron chi connectivity index (χ0n) is 10.5. The van der Waals surface area contributed by atoms with Crippen molar-refractivity contribution in [2.24, 2.45) is 5.73 Å². The van der Waals surface area contributed by atoms with Gasteiger partial charge in [0.15, 0.2) is 0 Å². The number of hydrogen-bond donors (Lipinski definition) is 2. The summed E-state index contributed by atoms with van der Waals surface area (Å²) in [6.07, 6.45) is 3.87. The Labute approximate surface area is 102 Å². The highest BCUT2D eigenvalue weighted by Gasteiger charge is 2.14. The van der Waals surface area contributed by atoms with Crippen LogP contribution in [0.3, 0.4) is 0 Å². The van der Waals surface area contributed by atoms with Crippen molar-refractivity contribution in [2.45, 2.75) is 18.9 Å². The lowest BCUT2D eigenvalue weighted by Gasteiger charge is -2.24. The van der Waals surface area contributed by atoms with E-state index in [1.165, 1.54) is 5.56 Å². The van der Waals surface area contributed by atoms with Gasteiger partial charge in [-0.05, 0) is 51.2 Å². The highest BCUT2D eigenvalue weighted by molar-refractivity contribution is 5.75. The second-order valence-corrected chi connectivity index (χ2v) is 4.59. The topological polar surface area (TPSA) is 57.9 Å². The van der Waals surface area contributed by atoms with E-state index in [0.29, 0.717) is 6.04 Å². The molecular formula is C13H20N4. The van der Waals surface area contributed by atoms with Crippen LogP contribution in [-0.4, -0.2) is 35.5 Å². The largest absolute Gasteiger partial charge is 0.345 e. The van der Waals surface area contributed by atoms with Crippen LogP contribution in [0, 0.1) is 0 Å². The first-order chi connectivity index (χ1) is 8.22. The van der Waals surface area contributed by atoms with E-state index in [1.807, 2.05) is 0 Å². The van der Waals surface area contributed by atoms with Crippen molar-refractivity contribution in [1.82, 2.24) is 14.9 Å². The molecule has 0 aliphatic rings. The van der Waals surface area contributed by atoms with Gasteiger partial charge in [0.05, 0.1) is 17.4 Å². The second-order valence-electron chi connectivity index (χ2n) is 4.59. The van der Waals surface area contributed by atoms with Crippen molar-refractivity contribution in [3.63, 3.8) is 0 Å². The molecule has 17 heavy (non-hydrogen) atoms. The number of nitrogens with two attached hydrogens (primary N) is 1. The Morgan fingerprint density at radius 3 is 2.94 bits per heavy atom. The van der Waals surface area contributed by atoms with Crippen molar-refractivity contribution in [1.29, 1.82) is 0 Å². The van der Waals surface area contributed by atoms with Gasteiger partial charge in [-0.25, -0.2) is 4.98 Å². The van der Waals surface area contributed by atoms with Gasteiger partial charge in [0.1, 0.15) is 0 Å². The average Bonchev–Trinajstić information content (AvgIpc) is 2.76. The molecule has 0 saturated carbocycles. The van der Waals surface area contributed by atoms with E-state index in [4.69, 9.17) is 5.73 Å². The first kappa shape index (κ1) is 12.1. The first-order valence-corrected chi connectivity index (χ1v) is 6.02. The van der Waals surface area contributed by atoms with Crippen molar-refractivity contribution >= 4 is 11.0 Å². The number of nitrogens with zero attached hydrogens (tertiary/aromatic N) is 2. The van der Waals surface area contributed by atoms with Crippen LogP contribution < -0.4 is 5.73 Å². The third-order valence-electron chi connectivity index (χ3n) is 3.13. The van der Waals surface area contributed by atoms with Crippen molar-refractivity contribution in [2.75, 3.05) is 20.6 Å². The SMILES string of the molecule is CN(C)C(CCCN)c1ccc2nc[nH]c2c1. The fourth-order valence-corrected chi connectivity index (χ4v) is 2.19. The molecule has 0 spiro atoms. The molecule has 1 aromatic carbocycles. The minimum absolute atomic E-state index is 0.422. The molecule has 0 fully saturated rings. The maximum atomic E-state index is 5.59. The molecule has 1 aromatic heterocycles. The van der Waals surface area contributed by atoms with E-state index < -0.39 is 0 Å². The van der Waals surface area contributed by atoms with Gasteiger partial charge in [-0.2, -0.15) is 0 Å². The van der Waals surface area contributed by atoms with E-state index in [0.717, 1.165) is 30.4 Å². The molecule has 3 N–H and O–H groups in total. The zero-order valence-corrected chi connectivity index (χ0v) is 10.5. The van der Waals surface area contributed by atoms with Gasteiger partial charge in [-0.15, -0.1) is 0 Å². The van der Waals surface area contributed by atoms with Crippen molar-refractivity contribution in [3.8, 4) is 0 Å². The summed E-state index contributed by atoms with van der Waals surface area (Å²) < 4.78 is 0. The summed E-state index contributed by atoms with van der Waals surface area (Å²) in [6, 6.07) is 6.83. The molecule has 0 saturated heterocycles. The highest BCUT2D eigenvalue weighted by atomic mass is 15.1. The van der Waals surface area contributed by atoms with Crippen LogP contribution in [-0.2, 0) is 0 Å². The molecule has 0 bridgehead atoms. The molecule has 4 heteroatoms. The number of nitrogens with one attached hydrogen (secondary N) is 1. The van der Waals surface area contributed by atoms with E-state index in [1.54, 1.807) is 6.33 Å². The van der Waals surface area contributed by atoms with Crippen LogP contribution in [0.1, 0.15) is 24.4 Å². The van der Waals surface area contributed by atoms with Crippen LogP contribution in [0.15, 0.2) is 24.5 Å². The molecule has 1 heterocycles. The number of rotatable bonds is 5. The molecule has 1 unspecified atom stereocenters. The number of aromatic amines is 1. The van der Waals surface area contributed by atoms with Gasteiger partial charge in [-0.3, -0.25) is 0 Å². The highest BCUT2D eigenvalue weighted by Crippen LogP contribution is 2.25. The van der Waals surface area contributed by atoms with Crippen LogP contribution in [0.4, 0.5) is 0 Å². The van der Waals surface area contributed by atoms with E-state index >= 15 is 0 Å². The van der Waals surface area contributed by atoms with Crippen molar-refractivity contribution < 1.29 is 0 Å². The number of benzene rings is 1. The lowest BCUT2D eigenvalue weighted by Crippen LogP contribution is -2.20. The molecular weight excluding hydrogens is 212 g/mol. The lowest BCUT2D eigenvalue weighted by molar-refractivity contribution is 0.280. The summed E-state index contributed by atoms with van der Waals surface area (Å²) in [4.78, 5) is 9.64. The zero-order chi connectivity index (χ0) is 12.3. The Balaban J connectivity index is 2.27. The quantitative estimate of drug-likeness (QED) is 0.828. The molecule has 2 rings (SSSR count). The van der Waals surface area contributed by atoms with E-state index in [2.05, 4.69) is 47.2 Å². The molecule has 2 aromatic rings.